The van der Waals surface area contributed by atoms with E-state index >= 15 is 0 Å². The average molecular weight is 612 g/mol. The molecule has 4 rings (SSSR count). The zero-order valence-corrected chi connectivity index (χ0v) is 23.1. The molecule has 0 saturated heterocycles. The molecule has 0 radical (unpaired) electrons. The van der Waals surface area contributed by atoms with E-state index in [-0.39, 0.29) is 24.0 Å². The van der Waals surface area contributed by atoms with Gasteiger partial charge in [0.15, 0.2) is 6.61 Å². The predicted molar refractivity (Wildman–Crippen MR) is 150 cm³/mol. The lowest BCUT2D eigenvalue weighted by Crippen LogP contribution is -2.23. The van der Waals surface area contributed by atoms with Crippen LogP contribution in [-0.2, 0) is 4.79 Å². The van der Waals surface area contributed by atoms with Crippen molar-refractivity contribution in [1.29, 1.82) is 0 Å². The van der Waals surface area contributed by atoms with Crippen LogP contribution in [0.5, 0.6) is 5.75 Å². The van der Waals surface area contributed by atoms with Crippen LogP contribution in [0.4, 0.5) is 5.69 Å². The van der Waals surface area contributed by atoms with E-state index in [1.165, 1.54) is 10.9 Å². The maximum absolute atomic E-state index is 13.3. The van der Waals surface area contributed by atoms with Gasteiger partial charge in [-0.2, -0.15) is 9.78 Å². The number of amides is 1. The molecule has 1 aromatic heterocycles. The van der Waals surface area contributed by atoms with E-state index in [9.17, 15) is 9.59 Å². The average Bonchev–Trinajstić information content (AvgIpc) is 2.84. The fraction of sp³-hybridized carbons (Fsp3) is 0.185. The van der Waals surface area contributed by atoms with Gasteiger partial charge >= 0.3 is 0 Å². The first-order valence-corrected chi connectivity index (χ1v) is 12.9. The van der Waals surface area contributed by atoms with Crippen molar-refractivity contribution in [2.45, 2.75) is 26.7 Å². The molecular formula is C27H24Br2N4O3. The summed E-state index contributed by atoms with van der Waals surface area (Å²) in [5, 5.41) is 7.76. The lowest BCUT2D eigenvalue weighted by Gasteiger charge is -2.13. The highest BCUT2D eigenvalue weighted by Crippen LogP contribution is 2.23. The minimum absolute atomic E-state index is 0.0356. The molecule has 36 heavy (non-hydrogen) atoms. The van der Waals surface area contributed by atoms with Crippen LogP contribution in [-0.4, -0.2) is 28.4 Å². The molecule has 7 nitrogen and oxygen atoms in total. The second-order valence-electron chi connectivity index (χ2n) is 8.53. The molecule has 1 amide bonds. The van der Waals surface area contributed by atoms with Crippen LogP contribution in [0.25, 0.3) is 10.9 Å². The molecule has 0 aliphatic heterocycles. The molecular weight excluding hydrogens is 588 g/mol. The fourth-order valence-electron chi connectivity index (χ4n) is 3.50. The smallest absolute Gasteiger partial charge is 0.282 e. The van der Waals surface area contributed by atoms with E-state index < -0.39 is 0 Å². The van der Waals surface area contributed by atoms with Gasteiger partial charge in [-0.3, -0.25) is 9.59 Å². The third-order valence-corrected chi connectivity index (χ3v) is 6.31. The van der Waals surface area contributed by atoms with Gasteiger partial charge in [-0.1, -0.05) is 63.4 Å². The lowest BCUT2D eigenvalue weighted by molar-refractivity contribution is -0.118. The van der Waals surface area contributed by atoms with E-state index in [0.29, 0.717) is 33.7 Å². The van der Waals surface area contributed by atoms with E-state index in [2.05, 4.69) is 47.3 Å². The summed E-state index contributed by atoms with van der Waals surface area (Å²) in [6, 6.07) is 18.3. The number of aromatic nitrogens is 2. The highest BCUT2D eigenvalue weighted by molar-refractivity contribution is 9.10. The number of nitrogens with one attached hydrogen (secondary N) is 1. The van der Waals surface area contributed by atoms with Gasteiger partial charge in [0.2, 0.25) is 0 Å². The Morgan fingerprint density at radius 2 is 1.78 bits per heavy atom. The van der Waals surface area contributed by atoms with Crippen LogP contribution in [0.3, 0.4) is 0 Å². The number of nitrogens with zero attached hydrogens (tertiary/aromatic N) is 3. The molecule has 0 saturated carbocycles. The predicted octanol–water partition coefficient (Wildman–Crippen LogP) is 6.25. The summed E-state index contributed by atoms with van der Waals surface area (Å²) in [4.78, 5) is 30.4. The minimum Gasteiger partial charge on any atom is -0.483 e. The monoisotopic (exact) mass is 610 g/mol. The normalized spacial score (nSPS) is 11.4. The number of fused-ring (bicyclic) bond motifs is 1. The molecule has 0 spiro atoms. The summed E-state index contributed by atoms with van der Waals surface area (Å²) in [5.74, 6) is 0.677. The molecule has 1 N–H and O–H groups in total. The molecule has 0 unspecified atom stereocenters. The number of halogens is 2. The van der Waals surface area contributed by atoms with Crippen molar-refractivity contribution >= 4 is 60.6 Å². The lowest BCUT2D eigenvalue weighted by atomic mass is 10.2. The van der Waals surface area contributed by atoms with Gasteiger partial charge in [0, 0.05) is 26.1 Å². The van der Waals surface area contributed by atoms with Gasteiger partial charge in [0.05, 0.1) is 17.1 Å². The van der Waals surface area contributed by atoms with Crippen LogP contribution in [0, 0.1) is 6.92 Å². The number of hydrogen-bond acceptors (Lipinski definition) is 5. The summed E-state index contributed by atoms with van der Waals surface area (Å²) >= 11 is 6.88. The quantitative estimate of drug-likeness (QED) is 0.250. The third-order valence-electron chi connectivity index (χ3n) is 5.33. The van der Waals surface area contributed by atoms with Gasteiger partial charge in [0.1, 0.15) is 11.6 Å². The Kier molecular flexibility index (Phi) is 8.01. The van der Waals surface area contributed by atoms with Gasteiger partial charge in [-0.05, 0) is 55.5 Å². The van der Waals surface area contributed by atoms with Crippen LogP contribution < -0.4 is 15.6 Å². The Balaban J connectivity index is 1.61. The Bertz CT molecular complexity index is 1510. The van der Waals surface area contributed by atoms with Crippen molar-refractivity contribution in [2.24, 2.45) is 5.10 Å². The van der Waals surface area contributed by atoms with Gasteiger partial charge in [0.25, 0.3) is 11.5 Å². The number of carbonyl (C=O) groups is 1. The number of ether oxygens (including phenoxy) is 1. The first kappa shape index (κ1) is 25.8. The molecule has 0 aliphatic rings. The van der Waals surface area contributed by atoms with Crippen LogP contribution in [0.2, 0.25) is 0 Å². The zero-order valence-electron chi connectivity index (χ0n) is 20.0. The van der Waals surface area contributed by atoms with E-state index in [0.717, 1.165) is 14.5 Å². The molecule has 0 aliphatic carbocycles. The first-order valence-electron chi connectivity index (χ1n) is 11.3. The third kappa shape index (κ3) is 6.09. The van der Waals surface area contributed by atoms with E-state index in [4.69, 9.17) is 4.74 Å². The van der Waals surface area contributed by atoms with Crippen molar-refractivity contribution in [1.82, 2.24) is 9.66 Å². The fourth-order valence-corrected chi connectivity index (χ4v) is 4.24. The number of aryl methyl sites for hydroxylation is 1. The number of rotatable bonds is 7. The largest absolute Gasteiger partial charge is 0.483 e. The molecule has 184 valence electrons. The Morgan fingerprint density at radius 1 is 1.08 bits per heavy atom. The molecule has 0 atom stereocenters. The molecule has 1 heterocycles. The Hall–Kier alpha value is -3.30. The number of carbonyl (C=O) groups excluding carboxylic acids is 1. The second-order valence-corrected chi connectivity index (χ2v) is 10.4. The van der Waals surface area contributed by atoms with Crippen molar-refractivity contribution in [2.75, 3.05) is 11.9 Å². The second kappa shape index (κ2) is 11.2. The Morgan fingerprint density at radius 3 is 2.50 bits per heavy atom. The van der Waals surface area contributed by atoms with Gasteiger partial charge in [-0.15, -0.1) is 0 Å². The Labute approximate surface area is 225 Å². The maximum atomic E-state index is 13.3. The number of anilines is 1. The van der Waals surface area contributed by atoms with Crippen molar-refractivity contribution in [3.8, 4) is 5.75 Å². The maximum Gasteiger partial charge on any atom is 0.282 e. The molecule has 4 aromatic rings. The highest BCUT2D eigenvalue weighted by Gasteiger charge is 2.14. The SMILES string of the molecule is Cc1ccc(NC(=O)COc2ccc(Br)cc2C=Nn2c(C(C)C)nc3ccc(Br)cc3c2=O)cc1. The summed E-state index contributed by atoms with van der Waals surface area (Å²) in [7, 11) is 0. The summed E-state index contributed by atoms with van der Waals surface area (Å²) in [6.07, 6.45) is 1.54. The topological polar surface area (TPSA) is 85.6 Å². The van der Waals surface area contributed by atoms with E-state index in [1.807, 2.05) is 69.3 Å². The molecule has 0 fully saturated rings. The first-order chi connectivity index (χ1) is 17.2. The van der Waals surface area contributed by atoms with Gasteiger partial charge < -0.3 is 10.1 Å². The van der Waals surface area contributed by atoms with Crippen LogP contribution in [0.1, 0.15) is 36.7 Å². The zero-order chi connectivity index (χ0) is 25.8. The standard InChI is InChI=1S/C27H24Br2N4O3/c1-16(2)26-32-23-10-6-20(29)13-22(23)27(35)33(26)30-14-18-12-19(28)7-11-24(18)36-15-25(34)31-21-8-4-17(3)5-9-21/h4-14,16H,15H2,1-3H3,(H,31,34). The van der Waals surface area contributed by atoms with Crippen molar-refractivity contribution in [3.05, 3.63) is 96.9 Å². The van der Waals surface area contributed by atoms with Crippen LogP contribution >= 0.6 is 31.9 Å². The van der Waals surface area contributed by atoms with Gasteiger partial charge in [-0.25, -0.2) is 4.98 Å². The molecule has 3 aromatic carbocycles. The summed E-state index contributed by atoms with van der Waals surface area (Å²) < 4.78 is 8.70. The molecule has 9 heteroatoms. The summed E-state index contributed by atoms with van der Waals surface area (Å²) in [5.41, 5.74) is 2.75. The van der Waals surface area contributed by atoms with E-state index in [1.54, 1.807) is 12.1 Å². The van der Waals surface area contributed by atoms with Crippen molar-refractivity contribution < 1.29 is 9.53 Å². The summed E-state index contributed by atoms with van der Waals surface area (Å²) in [6.45, 7) is 5.72. The number of benzene rings is 3. The van der Waals surface area contributed by atoms with Crippen LogP contribution in [0.15, 0.2) is 79.5 Å². The minimum atomic E-state index is -0.285. The number of hydrogen-bond donors (Lipinski definition) is 1. The highest BCUT2D eigenvalue weighted by atomic mass is 79.9. The van der Waals surface area contributed by atoms with Crippen molar-refractivity contribution in [3.63, 3.8) is 0 Å². The molecule has 0 bridgehead atoms.